The van der Waals surface area contributed by atoms with Gasteiger partial charge in [0.15, 0.2) is 0 Å². The second-order valence-electron chi connectivity index (χ2n) is 3.70. The lowest BCUT2D eigenvalue weighted by atomic mass is 9.90. The second-order valence-corrected chi connectivity index (χ2v) is 4.13. The zero-order chi connectivity index (χ0) is 10.4. The molecule has 2 N–H and O–H groups in total. The van der Waals surface area contributed by atoms with Gasteiger partial charge in [-0.15, -0.1) is 0 Å². The number of aromatic hydroxyl groups is 1. The summed E-state index contributed by atoms with van der Waals surface area (Å²) in [6, 6.07) is 5.72. The molecule has 0 fully saturated rings. The van der Waals surface area contributed by atoms with Crippen molar-refractivity contribution < 1.29 is 5.11 Å². The molecule has 1 heterocycles. The topological polar surface area (TPSA) is 48.9 Å². The molecule has 0 saturated carbocycles. The van der Waals surface area contributed by atoms with E-state index in [0.29, 0.717) is 0 Å². The van der Waals surface area contributed by atoms with Gasteiger partial charge in [0.2, 0.25) is 5.88 Å². The summed E-state index contributed by atoms with van der Waals surface area (Å²) >= 11 is 5.93. The van der Waals surface area contributed by atoms with Crippen LogP contribution in [-0.2, 0) is 12.8 Å². The molecule has 0 saturated heterocycles. The number of aryl methyl sites for hydroxylation is 2. The van der Waals surface area contributed by atoms with E-state index in [4.69, 9.17) is 11.6 Å². The lowest BCUT2D eigenvalue weighted by molar-refractivity contribution is 0.454. The maximum atomic E-state index is 9.66. The number of hydrogen-bond donors (Lipinski definition) is 2. The van der Waals surface area contributed by atoms with Crippen molar-refractivity contribution in [2.75, 3.05) is 0 Å². The molecule has 2 aromatic rings. The first-order valence-corrected chi connectivity index (χ1v) is 5.18. The summed E-state index contributed by atoms with van der Waals surface area (Å²) in [6.45, 7) is 0. The van der Waals surface area contributed by atoms with Crippen LogP contribution in [0.2, 0.25) is 5.02 Å². The molecule has 4 heteroatoms. The molecule has 0 spiro atoms. The average molecular weight is 221 g/mol. The van der Waals surface area contributed by atoms with Gasteiger partial charge in [-0.3, -0.25) is 0 Å². The molecule has 0 aliphatic heterocycles. The molecule has 0 bridgehead atoms. The number of benzene rings is 1. The van der Waals surface area contributed by atoms with Crippen molar-refractivity contribution in [1.82, 2.24) is 10.2 Å². The minimum absolute atomic E-state index is 0.147. The van der Waals surface area contributed by atoms with E-state index < -0.39 is 0 Å². The third kappa shape index (κ3) is 1.23. The summed E-state index contributed by atoms with van der Waals surface area (Å²) in [5, 5.41) is 17.1. The number of aromatic amines is 1. The fourth-order valence-corrected chi connectivity index (χ4v) is 2.29. The Labute approximate surface area is 91.7 Å². The molecule has 1 aliphatic carbocycles. The number of rotatable bonds is 0. The van der Waals surface area contributed by atoms with Crippen LogP contribution in [0, 0.1) is 0 Å². The molecule has 3 rings (SSSR count). The molecule has 0 radical (unpaired) electrons. The van der Waals surface area contributed by atoms with Crippen LogP contribution in [0.25, 0.3) is 11.1 Å². The standard InChI is InChI=1S/C11H9ClN2O/c12-7-2-3-8-6(5-7)1-4-9-10(8)11(15)14-13-9/h2-3,5H,1,4H2,(H2,13,14,15). The summed E-state index contributed by atoms with van der Waals surface area (Å²) < 4.78 is 0. The molecule has 3 nitrogen and oxygen atoms in total. The average Bonchev–Trinajstić information content (AvgIpc) is 2.60. The Morgan fingerprint density at radius 2 is 2.20 bits per heavy atom. The van der Waals surface area contributed by atoms with E-state index in [2.05, 4.69) is 10.2 Å². The highest BCUT2D eigenvalue weighted by Crippen LogP contribution is 2.38. The summed E-state index contributed by atoms with van der Waals surface area (Å²) in [7, 11) is 0. The molecule has 15 heavy (non-hydrogen) atoms. The van der Waals surface area contributed by atoms with Gasteiger partial charge in [-0.2, -0.15) is 5.10 Å². The van der Waals surface area contributed by atoms with Crippen LogP contribution in [0.1, 0.15) is 11.3 Å². The number of H-pyrrole nitrogens is 1. The van der Waals surface area contributed by atoms with Gasteiger partial charge in [-0.05, 0) is 36.1 Å². The fourth-order valence-electron chi connectivity index (χ4n) is 2.10. The lowest BCUT2D eigenvalue weighted by Gasteiger charge is -2.15. The van der Waals surface area contributed by atoms with Gasteiger partial charge in [0.1, 0.15) is 0 Å². The monoisotopic (exact) mass is 220 g/mol. The van der Waals surface area contributed by atoms with Crippen molar-refractivity contribution >= 4 is 11.6 Å². The lowest BCUT2D eigenvalue weighted by Crippen LogP contribution is -2.02. The third-order valence-electron chi connectivity index (χ3n) is 2.79. The predicted octanol–water partition coefficient (Wildman–Crippen LogP) is 2.53. The zero-order valence-corrected chi connectivity index (χ0v) is 8.67. The highest BCUT2D eigenvalue weighted by Gasteiger charge is 2.22. The van der Waals surface area contributed by atoms with Gasteiger partial charge in [0, 0.05) is 5.02 Å². The molecule has 1 aromatic carbocycles. The number of nitrogens with one attached hydrogen (secondary N) is 1. The van der Waals surface area contributed by atoms with Crippen LogP contribution in [-0.4, -0.2) is 15.3 Å². The first-order chi connectivity index (χ1) is 7.25. The van der Waals surface area contributed by atoms with Gasteiger partial charge >= 0.3 is 0 Å². The first kappa shape index (κ1) is 8.80. The quantitative estimate of drug-likeness (QED) is 0.717. The summed E-state index contributed by atoms with van der Waals surface area (Å²) in [5.41, 5.74) is 3.97. The first-order valence-electron chi connectivity index (χ1n) is 4.80. The summed E-state index contributed by atoms with van der Waals surface area (Å²) in [4.78, 5) is 0. The van der Waals surface area contributed by atoms with Crippen molar-refractivity contribution in [3.8, 4) is 17.0 Å². The SMILES string of the molecule is Oc1[nH]nc2c1-c1ccc(Cl)cc1CC2. The van der Waals surface area contributed by atoms with E-state index in [1.165, 1.54) is 5.56 Å². The summed E-state index contributed by atoms with van der Waals surface area (Å²) in [6.07, 6.45) is 1.77. The van der Waals surface area contributed by atoms with Gasteiger partial charge in [-0.1, -0.05) is 17.7 Å². The number of fused-ring (bicyclic) bond motifs is 3. The van der Waals surface area contributed by atoms with Gasteiger partial charge in [0.05, 0.1) is 11.3 Å². The van der Waals surface area contributed by atoms with E-state index in [0.717, 1.165) is 34.7 Å². The maximum absolute atomic E-state index is 9.66. The molecule has 0 amide bonds. The van der Waals surface area contributed by atoms with Crippen molar-refractivity contribution in [3.63, 3.8) is 0 Å². The highest BCUT2D eigenvalue weighted by atomic mass is 35.5. The van der Waals surface area contributed by atoms with Crippen LogP contribution < -0.4 is 0 Å². The molecule has 1 aliphatic rings. The van der Waals surface area contributed by atoms with Crippen molar-refractivity contribution in [2.24, 2.45) is 0 Å². The second kappa shape index (κ2) is 3.00. The van der Waals surface area contributed by atoms with Crippen LogP contribution in [0.4, 0.5) is 0 Å². The Bertz CT molecular complexity index is 533. The van der Waals surface area contributed by atoms with E-state index >= 15 is 0 Å². The van der Waals surface area contributed by atoms with E-state index in [1.807, 2.05) is 18.2 Å². The number of aromatic nitrogens is 2. The number of halogens is 1. The number of nitrogens with zero attached hydrogens (tertiary/aromatic N) is 1. The largest absolute Gasteiger partial charge is 0.493 e. The molecule has 1 aromatic heterocycles. The minimum Gasteiger partial charge on any atom is -0.493 e. The Hall–Kier alpha value is -1.48. The Morgan fingerprint density at radius 1 is 1.33 bits per heavy atom. The van der Waals surface area contributed by atoms with E-state index in [1.54, 1.807) is 0 Å². The molecule has 0 atom stereocenters. The van der Waals surface area contributed by atoms with E-state index in [-0.39, 0.29) is 5.88 Å². The molecular formula is C11H9ClN2O. The minimum atomic E-state index is 0.147. The molecule has 76 valence electrons. The maximum Gasteiger partial charge on any atom is 0.214 e. The Kier molecular flexibility index (Phi) is 1.76. The normalized spacial score (nSPS) is 13.4. The van der Waals surface area contributed by atoms with Crippen LogP contribution >= 0.6 is 11.6 Å². The Balaban J connectivity index is 2.29. The molecular weight excluding hydrogens is 212 g/mol. The van der Waals surface area contributed by atoms with E-state index in [9.17, 15) is 5.11 Å². The van der Waals surface area contributed by atoms with Crippen molar-refractivity contribution in [1.29, 1.82) is 0 Å². The van der Waals surface area contributed by atoms with Gasteiger partial charge in [-0.25, -0.2) is 5.10 Å². The van der Waals surface area contributed by atoms with Crippen LogP contribution in [0.5, 0.6) is 5.88 Å². The zero-order valence-electron chi connectivity index (χ0n) is 7.92. The summed E-state index contributed by atoms with van der Waals surface area (Å²) in [5.74, 6) is 0.147. The third-order valence-corrected chi connectivity index (χ3v) is 3.03. The van der Waals surface area contributed by atoms with Crippen molar-refractivity contribution in [2.45, 2.75) is 12.8 Å². The number of hydrogen-bond acceptors (Lipinski definition) is 2. The van der Waals surface area contributed by atoms with Crippen LogP contribution in [0.15, 0.2) is 18.2 Å². The van der Waals surface area contributed by atoms with Crippen molar-refractivity contribution in [3.05, 3.63) is 34.5 Å². The van der Waals surface area contributed by atoms with Gasteiger partial charge < -0.3 is 5.11 Å². The predicted molar refractivity (Wildman–Crippen MR) is 58.1 cm³/mol. The smallest absolute Gasteiger partial charge is 0.214 e. The highest BCUT2D eigenvalue weighted by molar-refractivity contribution is 6.30. The van der Waals surface area contributed by atoms with Crippen LogP contribution in [0.3, 0.4) is 0 Å². The van der Waals surface area contributed by atoms with Gasteiger partial charge in [0.25, 0.3) is 0 Å². The fraction of sp³-hybridized carbons (Fsp3) is 0.182. The Morgan fingerprint density at radius 3 is 3.07 bits per heavy atom. The molecule has 0 unspecified atom stereocenters.